The van der Waals surface area contributed by atoms with Crippen LogP contribution in [0.1, 0.15) is 39.5 Å². The van der Waals surface area contributed by atoms with Gasteiger partial charge in [-0.1, -0.05) is 13.8 Å². The lowest BCUT2D eigenvalue weighted by Crippen LogP contribution is -2.50. The molecule has 3 heterocycles. The Bertz CT molecular complexity index is 1240. The number of halogens is 1. The van der Waals surface area contributed by atoms with Crippen molar-refractivity contribution < 1.29 is 22.3 Å². The van der Waals surface area contributed by atoms with Crippen molar-refractivity contribution in [1.82, 2.24) is 9.62 Å². The summed E-state index contributed by atoms with van der Waals surface area (Å²) in [7, 11) is -2.56. The van der Waals surface area contributed by atoms with Crippen molar-refractivity contribution in [2.45, 2.75) is 44.4 Å². The molecule has 1 fully saturated rings. The van der Waals surface area contributed by atoms with Gasteiger partial charge in [0, 0.05) is 41.8 Å². The Balaban J connectivity index is 1.47. The molecule has 1 N–H and O–H groups in total. The highest BCUT2D eigenvalue weighted by Gasteiger charge is 2.53. The average molecular weight is 475 g/mol. The minimum atomic E-state index is -3.89. The van der Waals surface area contributed by atoms with Crippen LogP contribution in [0.25, 0.3) is 0 Å². The van der Waals surface area contributed by atoms with E-state index in [1.807, 2.05) is 0 Å². The Labute approximate surface area is 192 Å². The molecule has 0 radical (unpaired) electrons. The van der Waals surface area contributed by atoms with Crippen molar-refractivity contribution >= 4 is 15.8 Å². The number of hydrogen-bond acceptors (Lipinski definition) is 7. The summed E-state index contributed by atoms with van der Waals surface area (Å²) in [4.78, 5) is 13.2. The fourth-order valence-corrected chi connectivity index (χ4v) is 7.14. The molecule has 0 amide bonds. The quantitative estimate of drug-likeness (QED) is 0.722. The van der Waals surface area contributed by atoms with Gasteiger partial charge in [0.25, 0.3) is 0 Å². The first kappa shape index (κ1) is 22.2. The Morgan fingerprint density at radius 2 is 1.91 bits per heavy atom. The number of azo groups is 1. The number of methoxy groups -OCH3 is 1. The van der Waals surface area contributed by atoms with E-state index in [9.17, 15) is 17.6 Å². The van der Waals surface area contributed by atoms with Gasteiger partial charge in [-0.2, -0.15) is 9.42 Å². The van der Waals surface area contributed by atoms with Crippen LogP contribution in [0, 0.1) is 16.6 Å². The lowest BCUT2D eigenvalue weighted by Gasteiger charge is -2.48. The summed E-state index contributed by atoms with van der Waals surface area (Å²) in [6.07, 6.45) is 2.11. The third kappa shape index (κ3) is 3.42. The van der Waals surface area contributed by atoms with Crippen molar-refractivity contribution in [3.63, 3.8) is 0 Å². The number of hydrogen-bond donors (Lipinski definition) is 1. The minimum absolute atomic E-state index is 0.00680. The van der Waals surface area contributed by atoms with Crippen LogP contribution in [0.3, 0.4) is 0 Å². The maximum atomic E-state index is 14.2. The fraction of sp³-hybridized carbons (Fsp3) is 0.522. The number of nitrogens with zero attached hydrogens (tertiary/aromatic N) is 3. The molecule has 4 aliphatic rings. The van der Waals surface area contributed by atoms with Gasteiger partial charge in [-0.15, -0.1) is 5.11 Å². The Hall–Kier alpha value is -2.59. The normalized spacial score (nSPS) is 24.1. The number of sulfonamides is 1. The van der Waals surface area contributed by atoms with Crippen LogP contribution in [0.15, 0.2) is 56.0 Å². The molecule has 1 spiro atoms. The van der Waals surface area contributed by atoms with Crippen molar-refractivity contribution in [2.24, 2.45) is 21.1 Å². The molecule has 10 heteroatoms. The zero-order valence-electron chi connectivity index (χ0n) is 18.9. The van der Waals surface area contributed by atoms with Crippen LogP contribution in [-0.2, 0) is 14.8 Å². The van der Waals surface area contributed by atoms with Gasteiger partial charge in [0.2, 0.25) is 10.0 Å². The van der Waals surface area contributed by atoms with Crippen molar-refractivity contribution in [3.8, 4) is 5.75 Å². The van der Waals surface area contributed by atoms with E-state index in [-0.39, 0.29) is 34.9 Å². The third-order valence-electron chi connectivity index (χ3n) is 7.22. The van der Waals surface area contributed by atoms with Crippen molar-refractivity contribution in [3.05, 3.63) is 46.7 Å². The Morgan fingerprint density at radius 1 is 1.18 bits per heavy atom. The van der Waals surface area contributed by atoms with E-state index in [0.29, 0.717) is 31.6 Å². The SMILES string of the molecule is COc1ccc(S(=O)(=O)N2CCC3(CC2)C2=C(N=NC2)NC2=C3C(=O)CC(C)(C)C2)cc1F. The molecule has 0 saturated carbocycles. The van der Waals surface area contributed by atoms with Gasteiger partial charge >= 0.3 is 0 Å². The highest BCUT2D eigenvalue weighted by molar-refractivity contribution is 7.89. The predicted molar refractivity (Wildman–Crippen MR) is 118 cm³/mol. The Morgan fingerprint density at radius 3 is 2.58 bits per heavy atom. The number of nitrogens with one attached hydrogen (secondary N) is 1. The summed E-state index contributed by atoms with van der Waals surface area (Å²) in [5.41, 5.74) is 1.93. The number of ketones is 1. The number of benzene rings is 1. The van der Waals surface area contributed by atoms with E-state index < -0.39 is 21.3 Å². The van der Waals surface area contributed by atoms with Crippen molar-refractivity contribution in [1.29, 1.82) is 0 Å². The molecule has 176 valence electrons. The second-order valence-electron chi connectivity index (χ2n) is 9.93. The number of rotatable bonds is 3. The van der Waals surface area contributed by atoms with Gasteiger partial charge in [-0.3, -0.25) is 4.79 Å². The number of carbonyl (C=O) groups is 1. The number of fused-ring (bicyclic) bond motifs is 2. The lowest BCUT2D eigenvalue weighted by molar-refractivity contribution is -0.119. The van der Waals surface area contributed by atoms with E-state index in [0.717, 1.165) is 29.3 Å². The molecule has 1 saturated heterocycles. The molecule has 1 aliphatic carbocycles. The summed E-state index contributed by atoms with van der Waals surface area (Å²) >= 11 is 0. The van der Waals surface area contributed by atoms with Crippen LogP contribution in [0.2, 0.25) is 0 Å². The summed E-state index contributed by atoms with van der Waals surface area (Å²) < 4.78 is 47.0. The topological polar surface area (TPSA) is 100 Å². The van der Waals surface area contributed by atoms with Crippen molar-refractivity contribution in [2.75, 3.05) is 26.7 Å². The van der Waals surface area contributed by atoms with Crippen LogP contribution >= 0.6 is 0 Å². The zero-order chi connectivity index (χ0) is 23.6. The van der Waals surface area contributed by atoms with Gasteiger partial charge < -0.3 is 10.1 Å². The monoisotopic (exact) mass is 474 g/mol. The van der Waals surface area contributed by atoms with E-state index >= 15 is 0 Å². The number of ether oxygens (including phenoxy) is 1. The second-order valence-corrected chi connectivity index (χ2v) is 11.9. The smallest absolute Gasteiger partial charge is 0.243 e. The first-order chi connectivity index (χ1) is 15.6. The molecular formula is C23H27FN4O4S. The highest BCUT2D eigenvalue weighted by atomic mass is 32.2. The first-order valence-corrected chi connectivity index (χ1v) is 12.5. The molecule has 0 aromatic heterocycles. The summed E-state index contributed by atoms with van der Waals surface area (Å²) in [6.45, 7) is 5.01. The molecule has 33 heavy (non-hydrogen) atoms. The average Bonchev–Trinajstić information content (AvgIpc) is 3.22. The standard InChI is InChI=1S/C23H27FN4O4S/c1-22(2)11-17-20(18(29)12-22)23(15-13-25-27-21(15)26-17)6-8-28(9-7-23)33(30,31)14-4-5-19(32-3)16(24)10-14/h4-5,10,26H,6-9,11-13H2,1-3H3. The number of dihydropyridines is 1. The minimum Gasteiger partial charge on any atom is -0.494 e. The third-order valence-corrected chi connectivity index (χ3v) is 9.12. The lowest BCUT2D eigenvalue weighted by atomic mass is 9.60. The Kier molecular flexibility index (Phi) is 5.02. The highest BCUT2D eigenvalue weighted by Crippen LogP contribution is 2.55. The number of allylic oxidation sites excluding steroid dienone is 2. The van der Waals surface area contributed by atoms with Gasteiger partial charge in [0.1, 0.15) is 0 Å². The molecule has 5 rings (SSSR count). The molecule has 0 bridgehead atoms. The van der Waals surface area contributed by atoms with Gasteiger partial charge in [-0.25, -0.2) is 12.8 Å². The summed E-state index contributed by atoms with van der Waals surface area (Å²) in [6, 6.07) is 3.67. The molecule has 3 aliphatic heterocycles. The number of Topliss-reactive ketones (excluding diaryl/α,β-unsaturated/α-hetero) is 1. The summed E-state index contributed by atoms with van der Waals surface area (Å²) in [5.74, 6) is 0.0840. The van der Waals surface area contributed by atoms with Crippen LogP contribution in [-0.4, -0.2) is 45.3 Å². The fourth-order valence-electron chi connectivity index (χ4n) is 5.68. The van der Waals surface area contributed by atoms with E-state index in [1.165, 1.54) is 23.5 Å². The van der Waals surface area contributed by atoms with Gasteiger partial charge in [0.15, 0.2) is 23.2 Å². The van der Waals surface area contributed by atoms with Crippen LogP contribution in [0.4, 0.5) is 4.39 Å². The maximum Gasteiger partial charge on any atom is 0.243 e. The largest absolute Gasteiger partial charge is 0.494 e. The maximum absolute atomic E-state index is 14.2. The molecule has 0 atom stereocenters. The zero-order valence-corrected chi connectivity index (χ0v) is 19.8. The van der Waals surface area contributed by atoms with E-state index in [1.54, 1.807) is 0 Å². The van der Waals surface area contributed by atoms with Gasteiger partial charge in [0.05, 0.1) is 18.6 Å². The number of carbonyl (C=O) groups excluding carboxylic acids is 1. The second kappa shape index (κ2) is 7.46. The van der Waals surface area contributed by atoms with Crippen LogP contribution in [0.5, 0.6) is 5.75 Å². The molecule has 1 aromatic rings. The van der Waals surface area contributed by atoms with Crippen LogP contribution < -0.4 is 10.1 Å². The van der Waals surface area contributed by atoms with E-state index in [2.05, 4.69) is 29.4 Å². The first-order valence-electron chi connectivity index (χ1n) is 11.1. The molecule has 8 nitrogen and oxygen atoms in total. The number of piperidine rings is 1. The molecule has 0 unspecified atom stereocenters. The van der Waals surface area contributed by atoms with E-state index in [4.69, 9.17) is 4.74 Å². The van der Waals surface area contributed by atoms with Gasteiger partial charge in [-0.05, 0) is 42.9 Å². The summed E-state index contributed by atoms with van der Waals surface area (Å²) in [5, 5.41) is 11.8. The molecular weight excluding hydrogens is 447 g/mol. The molecule has 1 aromatic carbocycles. The predicted octanol–water partition coefficient (Wildman–Crippen LogP) is 3.53.